The van der Waals surface area contributed by atoms with E-state index >= 15 is 0 Å². The van der Waals surface area contributed by atoms with Gasteiger partial charge in [0.2, 0.25) is 5.91 Å². The van der Waals surface area contributed by atoms with Crippen molar-refractivity contribution in [3.05, 3.63) is 29.6 Å². The van der Waals surface area contributed by atoms with Crippen LogP contribution in [-0.4, -0.2) is 26.1 Å². The van der Waals surface area contributed by atoms with Gasteiger partial charge in [0.25, 0.3) is 0 Å². The molecule has 0 aliphatic heterocycles. The van der Waals surface area contributed by atoms with E-state index in [-0.39, 0.29) is 17.8 Å². The Morgan fingerprint density at radius 3 is 2.90 bits per heavy atom. The Kier molecular flexibility index (Phi) is 4.95. The summed E-state index contributed by atoms with van der Waals surface area (Å²) in [7, 11) is 1.53. The fraction of sp³-hybridized carbons (Fsp3) is 0.533. The summed E-state index contributed by atoms with van der Waals surface area (Å²) in [6.45, 7) is 3.00. The van der Waals surface area contributed by atoms with Gasteiger partial charge < -0.3 is 15.4 Å². The lowest BCUT2D eigenvalue weighted by Crippen LogP contribution is -2.36. The zero-order valence-corrected chi connectivity index (χ0v) is 11.9. The van der Waals surface area contributed by atoms with E-state index in [0.29, 0.717) is 17.9 Å². The van der Waals surface area contributed by atoms with Gasteiger partial charge in [-0.25, -0.2) is 4.39 Å². The molecule has 0 aromatic heterocycles. The lowest BCUT2D eigenvalue weighted by Gasteiger charge is -2.17. The molecule has 1 fully saturated rings. The van der Waals surface area contributed by atoms with Crippen molar-refractivity contribution in [1.82, 2.24) is 10.6 Å². The second kappa shape index (κ2) is 6.70. The minimum Gasteiger partial charge on any atom is -0.496 e. The van der Waals surface area contributed by atoms with E-state index in [1.165, 1.54) is 32.1 Å². The third-order valence-corrected chi connectivity index (χ3v) is 3.45. The van der Waals surface area contributed by atoms with Gasteiger partial charge in [-0.2, -0.15) is 0 Å². The third kappa shape index (κ3) is 4.20. The van der Waals surface area contributed by atoms with Crippen molar-refractivity contribution in [2.45, 2.75) is 25.8 Å². The largest absolute Gasteiger partial charge is 0.496 e. The molecule has 0 spiro atoms. The highest BCUT2D eigenvalue weighted by Gasteiger charge is 2.21. The van der Waals surface area contributed by atoms with Crippen LogP contribution in [0.3, 0.4) is 0 Å². The van der Waals surface area contributed by atoms with E-state index < -0.39 is 0 Å². The molecule has 1 amide bonds. The first-order valence-corrected chi connectivity index (χ1v) is 6.93. The van der Waals surface area contributed by atoms with E-state index in [9.17, 15) is 9.18 Å². The second-order valence-electron chi connectivity index (χ2n) is 5.25. The van der Waals surface area contributed by atoms with Crippen LogP contribution in [0.4, 0.5) is 4.39 Å². The van der Waals surface area contributed by atoms with Crippen molar-refractivity contribution >= 4 is 5.91 Å². The van der Waals surface area contributed by atoms with Crippen LogP contribution in [0.2, 0.25) is 0 Å². The topological polar surface area (TPSA) is 50.4 Å². The average Bonchev–Trinajstić information content (AvgIpc) is 3.22. The Hall–Kier alpha value is -1.62. The number of nitrogens with one attached hydrogen (secondary N) is 2. The zero-order valence-electron chi connectivity index (χ0n) is 11.9. The predicted molar refractivity (Wildman–Crippen MR) is 75.1 cm³/mol. The highest BCUT2D eigenvalue weighted by molar-refractivity contribution is 5.78. The molecule has 1 aliphatic carbocycles. The van der Waals surface area contributed by atoms with Gasteiger partial charge in [0.1, 0.15) is 11.6 Å². The highest BCUT2D eigenvalue weighted by Crippen LogP contribution is 2.27. The fourth-order valence-electron chi connectivity index (χ4n) is 2.13. The average molecular weight is 280 g/mol. The van der Waals surface area contributed by atoms with Gasteiger partial charge in [0, 0.05) is 5.56 Å². The fourth-order valence-corrected chi connectivity index (χ4v) is 2.13. The summed E-state index contributed by atoms with van der Waals surface area (Å²) in [4.78, 5) is 11.8. The Morgan fingerprint density at radius 1 is 1.50 bits per heavy atom. The number of benzene rings is 1. The molecule has 110 valence electrons. The molecule has 1 aromatic rings. The zero-order chi connectivity index (χ0) is 14.5. The Balaban J connectivity index is 1.87. The molecular formula is C15H21FN2O2. The molecule has 4 nitrogen and oxygen atoms in total. The smallest absolute Gasteiger partial charge is 0.234 e. The van der Waals surface area contributed by atoms with Crippen LogP contribution < -0.4 is 15.4 Å². The number of hydrogen-bond acceptors (Lipinski definition) is 3. The van der Waals surface area contributed by atoms with Crippen molar-refractivity contribution in [1.29, 1.82) is 0 Å². The number of rotatable bonds is 7. The van der Waals surface area contributed by atoms with Crippen molar-refractivity contribution < 1.29 is 13.9 Å². The molecule has 2 rings (SSSR count). The second-order valence-corrected chi connectivity index (χ2v) is 5.25. The van der Waals surface area contributed by atoms with E-state index in [0.717, 1.165) is 12.5 Å². The van der Waals surface area contributed by atoms with Gasteiger partial charge >= 0.3 is 0 Å². The number of halogens is 1. The minimum absolute atomic E-state index is 0.0931. The molecule has 0 heterocycles. The molecule has 1 atom stereocenters. The number of hydrogen-bond donors (Lipinski definition) is 2. The van der Waals surface area contributed by atoms with Crippen molar-refractivity contribution in [3.8, 4) is 5.75 Å². The molecule has 5 heteroatoms. The number of amides is 1. The molecule has 1 unspecified atom stereocenters. The van der Waals surface area contributed by atoms with Crippen LogP contribution in [-0.2, 0) is 4.79 Å². The maximum atomic E-state index is 13.3. The summed E-state index contributed by atoms with van der Waals surface area (Å²) in [6.07, 6.45) is 2.51. The summed E-state index contributed by atoms with van der Waals surface area (Å²) in [6, 6.07) is 4.00. The SMILES string of the molecule is COc1ccc(F)cc1C(C)NC(=O)CNCC1CC1. The van der Waals surface area contributed by atoms with Crippen LogP contribution >= 0.6 is 0 Å². The Morgan fingerprint density at radius 2 is 2.25 bits per heavy atom. The third-order valence-electron chi connectivity index (χ3n) is 3.45. The summed E-state index contributed by atoms with van der Waals surface area (Å²) in [5, 5.41) is 5.97. The quantitative estimate of drug-likeness (QED) is 0.803. The highest BCUT2D eigenvalue weighted by atomic mass is 19.1. The summed E-state index contributed by atoms with van der Waals surface area (Å²) in [5.74, 6) is 0.881. The van der Waals surface area contributed by atoms with Crippen LogP contribution in [0.25, 0.3) is 0 Å². The van der Waals surface area contributed by atoms with E-state index in [1.54, 1.807) is 6.07 Å². The molecule has 2 N–H and O–H groups in total. The van der Waals surface area contributed by atoms with Crippen LogP contribution in [0.15, 0.2) is 18.2 Å². The molecule has 1 aliphatic rings. The first-order chi connectivity index (χ1) is 9.60. The maximum Gasteiger partial charge on any atom is 0.234 e. The number of methoxy groups -OCH3 is 1. The van der Waals surface area contributed by atoms with E-state index in [1.807, 2.05) is 6.92 Å². The molecule has 0 bridgehead atoms. The molecule has 1 aromatic carbocycles. The van der Waals surface area contributed by atoms with Gasteiger partial charge in [-0.1, -0.05) is 0 Å². The van der Waals surface area contributed by atoms with Gasteiger partial charge in [-0.3, -0.25) is 4.79 Å². The molecule has 0 radical (unpaired) electrons. The number of carbonyl (C=O) groups excluding carboxylic acids is 1. The molecule has 0 saturated heterocycles. The van der Waals surface area contributed by atoms with E-state index in [4.69, 9.17) is 4.74 Å². The van der Waals surface area contributed by atoms with Crippen molar-refractivity contribution in [2.75, 3.05) is 20.2 Å². The van der Waals surface area contributed by atoms with Crippen LogP contribution in [0, 0.1) is 11.7 Å². The van der Waals surface area contributed by atoms with Crippen LogP contribution in [0.5, 0.6) is 5.75 Å². The van der Waals surface area contributed by atoms with Gasteiger partial charge in [-0.15, -0.1) is 0 Å². The maximum absolute atomic E-state index is 13.3. The monoisotopic (exact) mass is 280 g/mol. The molecule has 1 saturated carbocycles. The lowest BCUT2D eigenvalue weighted by molar-refractivity contribution is -0.120. The summed E-state index contributed by atoms with van der Waals surface area (Å²) >= 11 is 0. The van der Waals surface area contributed by atoms with Crippen molar-refractivity contribution in [3.63, 3.8) is 0 Å². The minimum atomic E-state index is -0.339. The number of carbonyl (C=O) groups is 1. The first kappa shape index (κ1) is 14.8. The summed E-state index contributed by atoms with van der Waals surface area (Å²) in [5.41, 5.74) is 0.642. The normalized spacial score (nSPS) is 15.8. The Labute approximate surface area is 118 Å². The van der Waals surface area contributed by atoms with Crippen molar-refractivity contribution in [2.24, 2.45) is 5.92 Å². The summed E-state index contributed by atoms with van der Waals surface area (Å²) < 4.78 is 18.5. The van der Waals surface area contributed by atoms with Crippen LogP contribution in [0.1, 0.15) is 31.4 Å². The van der Waals surface area contributed by atoms with E-state index in [2.05, 4.69) is 10.6 Å². The van der Waals surface area contributed by atoms with Gasteiger partial charge in [0.15, 0.2) is 0 Å². The van der Waals surface area contributed by atoms with Gasteiger partial charge in [-0.05, 0) is 50.4 Å². The molecular weight excluding hydrogens is 259 g/mol. The molecule has 20 heavy (non-hydrogen) atoms. The van der Waals surface area contributed by atoms with Gasteiger partial charge in [0.05, 0.1) is 19.7 Å². The Bertz CT molecular complexity index is 475. The predicted octanol–water partition coefficient (Wildman–Crippen LogP) is 2.01. The number of ether oxygens (including phenoxy) is 1. The standard InChI is InChI=1S/C15H21FN2O2/c1-10(13-7-12(16)5-6-14(13)20-2)18-15(19)9-17-8-11-3-4-11/h5-7,10-11,17H,3-4,8-9H2,1-2H3,(H,18,19). The lowest BCUT2D eigenvalue weighted by atomic mass is 10.1. The first-order valence-electron chi connectivity index (χ1n) is 6.93.